The average Bonchev–Trinajstić information content (AvgIpc) is 2.88. The van der Waals surface area contributed by atoms with E-state index in [1.165, 1.54) is 0 Å². The molecule has 1 aromatic carbocycles. The lowest BCUT2D eigenvalue weighted by molar-refractivity contribution is 0.414. The first kappa shape index (κ1) is 14.6. The fraction of sp³-hybridized carbons (Fsp3) is 0.357. The van der Waals surface area contributed by atoms with Crippen LogP contribution < -0.4 is 4.72 Å². The molecule has 0 radical (unpaired) electrons. The molecule has 1 N–H and O–H groups in total. The summed E-state index contributed by atoms with van der Waals surface area (Å²) >= 11 is 6.01. The zero-order valence-electron chi connectivity index (χ0n) is 11.6. The average molecular weight is 326 g/mol. The highest BCUT2D eigenvalue weighted by atomic mass is 35.5. The molecule has 0 bridgehead atoms. The van der Waals surface area contributed by atoms with Crippen molar-refractivity contribution in [2.24, 2.45) is 0 Å². The van der Waals surface area contributed by atoms with E-state index in [-0.39, 0.29) is 10.9 Å². The van der Waals surface area contributed by atoms with E-state index in [0.717, 1.165) is 18.7 Å². The maximum absolute atomic E-state index is 12.5. The second kappa shape index (κ2) is 5.44. The van der Waals surface area contributed by atoms with Crippen LogP contribution >= 0.6 is 11.6 Å². The Labute approximate surface area is 129 Å². The van der Waals surface area contributed by atoms with Crippen LogP contribution in [0.4, 0.5) is 0 Å². The van der Waals surface area contributed by atoms with Gasteiger partial charge in [0.2, 0.25) is 10.0 Å². The Balaban J connectivity index is 1.83. The standard InChI is InChI=1S/C14H16ClN3O2S/c1-10-13(15)3-2-4-14(10)21(19,20)17-11-6-8-18-12(9-11)5-7-16-18/h2-5,7,11,17H,6,8-9H2,1H3/t11-/m1/s1. The van der Waals surface area contributed by atoms with Crippen LogP contribution in [0, 0.1) is 6.92 Å². The molecule has 1 atom stereocenters. The molecular weight excluding hydrogens is 310 g/mol. The van der Waals surface area contributed by atoms with Crippen LogP contribution in [-0.4, -0.2) is 24.2 Å². The lowest BCUT2D eigenvalue weighted by Gasteiger charge is -2.24. The molecule has 21 heavy (non-hydrogen) atoms. The van der Waals surface area contributed by atoms with E-state index >= 15 is 0 Å². The molecule has 0 unspecified atom stereocenters. The van der Waals surface area contributed by atoms with Crippen LogP contribution in [0.25, 0.3) is 0 Å². The van der Waals surface area contributed by atoms with Gasteiger partial charge in [-0.1, -0.05) is 17.7 Å². The Hall–Kier alpha value is -1.37. The van der Waals surface area contributed by atoms with Crippen molar-refractivity contribution in [2.45, 2.75) is 37.2 Å². The van der Waals surface area contributed by atoms with Crippen LogP contribution in [0.5, 0.6) is 0 Å². The maximum atomic E-state index is 12.5. The molecular formula is C14H16ClN3O2S. The molecule has 1 aliphatic heterocycles. The Morgan fingerprint density at radius 3 is 3.00 bits per heavy atom. The van der Waals surface area contributed by atoms with E-state index in [0.29, 0.717) is 17.0 Å². The smallest absolute Gasteiger partial charge is 0.241 e. The van der Waals surface area contributed by atoms with E-state index < -0.39 is 10.0 Å². The Morgan fingerprint density at radius 2 is 2.19 bits per heavy atom. The quantitative estimate of drug-likeness (QED) is 0.940. The van der Waals surface area contributed by atoms with Gasteiger partial charge in [0, 0.05) is 35.9 Å². The van der Waals surface area contributed by atoms with Gasteiger partial charge in [0.1, 0.15) is 0 Å². The molecule has 1 aliphatic rings. The summed E-state index contributed by atoms with van der Waals surface area (Å²) in [6, 6.07) is 6.73. The fourth-order valence-electron chi connectivity index (χ4n) is 2.63. The molecule has 0 fully saturated rings. The van der Waals surface area contributed by atoms with Gasteiger partial charge in [-0.2, -0.15) is 5.10 Å². The van der Waals surface area contributed by atoms with Crippen LogP contribution in [0.3, 0.4) is 0 Å². The Bertz CT molecular complexity index is 770. The number of nitrogens with zero attached hydrogens (tertiary/aromatic N) is 2. The third-order valence-corrected chi connectivity index (χ3v) is 5.85. The van der Waals surface area contributed by atoms with Crippen LogP contribution in [-0.2, 0) is 23.0 Å². The molecule has 5 nitrogen and oxygen atoms in total. The minimum absolute atomic E-state index is 0.113. The van der Waals surface area contributed by atoms with Gasteiger partial charge in [0.05, 0.1) is 4.90 Å². The topological polar surface area (TPSA) is 64.0 Å². The first-order valence-corrected chi connectivity index (χ1v) is 8.61. The summed E-state index contributed by atoms with van der Waals surface area (Å²) in [5, 5.41) is 4.65. The van der Waals surface area contributed by atoms with Crippen molar-refractivity contribution in [3.63, 3.8) is 0 Å². The number of benzene rings is 1. The molecule has 112 valence electrons. The fourth-order valence-corrected chi connectivity index (χ4v) is 4.40. The lowest BCUT2D eigenvalue weighted by atomic mass is 10.1. The lowest BCUT2D eigenvalue weighted by Crippen LogP contribution is -2.40. The van der Waals surface area contributed by atoms with E-state index in [2.05, 4.69) is 9.82 Å². The van der Waals surface area contributed by atoms with Crippen LogP contribution in [0.15, 0.2) is 35.4 Å². The van der Waals surface area contributed by atoms with E-state index in [1.807, 2.05) is 10.7 Å². The normalized spacial score (nSPS) is 18.5. The van der Waals surface area contributed by atoms with Crippen molar-refractivity contribution in [3.8, 4) is 0 Å². The molecule has 0 saturated carbocycles. The van der Waals surface area contributed by atoms with Crippen molar-refractivity contribution in [3.05, 3.63) is 46.7 Å². The first-order chi connectivity index (χ1) is 9.97. The summed E-state index contributed by atoms with van der Waals surface area (Å²) in [7, 11) is -3.56. The first-order valence-electron chi connectivity index (χ1n) is 6.75. The Kier molecular flexibility index (Phi) is 3.77. The molecule has 1 aromatic heterocycles. The minimum Gasteiger partial charge on any atom is -0.269 e. The summed E-state index contributed by atoms with van der Waals surface area (Å²) in [4.78, 5) is 0.245. The SMILES string of the molecule is Cc1c(Cl)cccc1S(=O)(=O)N[C@@H]1CCn2nccc2C1. The number of hydrogen-bond donors (Lipinski definition) is 1. The van der Waals surface area contributed by atoms with Gasteiger partial charge >= 0.3 is 0 Å². The van der Waals surface area contributed by atoms with Crippen molar-refractivity contribution in [2.75, 3.05) is 0 Å². The predicted octanol–water partition coefficient (Wildman–Crippen LogP) is 2.14. The summed E-state index contributed by atoms with van der Waals surface area (Å²) in [6.07, 6.45) is 3.12. The molecule has 0 saturated heterocycles. The molecule has 0 amide bonds. The number of fused-ring (bicyclic) bond motifs is 1. The van der Waals surface area contributed by atoms with Crippen LogP contribution in [0.1, 0.15) is 17.7 Å². The van der Waals surface area contributed by atoms with Gasteiger partial charge in [-0.3, -0.25) is 4.68 Å². The van der Waals surface area contributed by atoms with Gasteiger partial charge in [0.15, 0.2) is 0 Å². The number of halogens is 1. The monoisotopic (exact) mass is 325 g/mol. The van der Waals surface area contributed by atoms with Crippen molar-refractivity contribution < 1.29 is 8.42 Å². The van der Waals surface area contributed by atoms with Crippen molar-refractivity contribution in [1.29, 1.82) is 0 Å². The van der Waals surface area contributed by atoms with Gasteiger partial charge in [-0.15, -0.1) is 0 Å². The molecule has 0 spiro atoms. The molecule has 2 heterocycles. The molecule has 7 heteroatoms. The van der Waals surface area contributed by atoms with Crippen molar-refractivity contribution in [1.82, 2.24) is 14.5 Å². The number of hydrogen-bond acceptors (Lipinski definition) is 3. The second-order valence-corrected chi connectivity index (χ2v) is 7.31. The van der Waals surface area contributed by atoms with Gasteiger partial charge in [-0.05, 0) is 37.1 Å². The number of aryl methyl sites for hydroxylation is 1. The summed E-state index contributed by atoms with van der Waals surface area (Å²) in [5.74, 6) is 0. The molecule has 0 aliphatic carbocycles. The highest BCUT2D eigenvalue weighted by Gasteiger charge is 2.26. The molecule has 3 rings (SSSR count). The van der Waals surface area contributed by atoms with Crippen molar-refractivity contribution >= 4 is 21.6 Å². The summed E-state index contributed by atoms with van der Waals surface area (Å²) in [6.45, 7) is 2.44. The maximum Gasteiger partial charge on any atom is 0.241 e. The third-order valence-electron chi connectivity index (χ3n) is 3.78. The third kappa shape index (κ3) is 2.84. The van der Waals surface area contributed by atoms with E-state index in [1.54, 1.807) is 31.3 Å². The number of rotatable bonds is 3. The zero-order valence-corrected chi connectivity index (χ0v) is 13.2. The predicted molar refractivity (Wildman–Crippen MR) is 80.8 cm³/mol. The largest absolute Gasteiger partial charge is 0.269 e. The van der Waals surface area contributed by atoms with E-state index in [4.69, 9.17) is 11.6 Å². The number of nitrogens with one attached hydrogen (secondary N) is 1. The van der Waals surface area contributed by atoms with Crippen LogP contribution in [0.2, 0.25) is 5.02 Å². The minimum atomic E-state index is -3.56. The Morgan fingerprint density at radius 1 is 1.38 bits per heavy atom. The molecule has 2 aromatic rings. The highest BCUT2D eigenvalue weighted by molar-refractivity contribution is 7.89. The van der Waals surface area contributed by atoms with Gasteiger partial charge in [-0.25, -0.2) is 13.1 Å². The van der Waals surface area contributed by atoms with E-state index in [9.17, 15) is 8.42 Å². The second-order valence-electron chi connectivity index (χ2n) is 5.22. The summed E-state index contributed by atoms with van der Waals surface area (Å²) < 4.78 is 29.8. The zero-order chi connectivity index (χ0) is 15.0. The highest BCUT2D eigenvalue weighted by Crippen LogP contribution is 2.24. The number of aromatic nitrogens is 2. The number of sulfonamides is 1. The van der Waals surface area contributed by atoms with Gasteiger partial charge in [0.25, 0.3) is 0 Å². The van der Waals surface area contributed by atoms with Gasteiger partial charge < -0.3 is 0 Å². The summed E-state index contributed by atoms with van der Waals surface area (Å²) in [5.41, 5.74) is 1.63.